The molecule has 238 valence electrons. The fourth-order valence-electron chi connectivity index (χ4n) is 6.06. The maximum Gasteiger partial charge on any atom is 0.416 e. The summed E-state index contributed by atoms with van der Waals surface area (Å²) in [5, 5.41) is 18.3. The third-order valence-electron chi connectivity index (χ3n) is 8.52. The van der Waals surface area contributed by atoms with Gasteiger partial charge in [-0.3, -0.25) is 9.80 Å². The van der Waals surface area contributed by atoms with E-state index < -0.39 is 11.7 Å². The Kier molecular flexibility index (Phi) is 11.5. The number of alkyl halides is 3. The van der Waals surface area contributed by atoms with E-state index in [1.165, 1.54) is 23.9 Å². The van der Waals surface area contributed by atoms with Gasteiger partial charge in [0.1, 0.15) is 5.75 Å². The molecular formula is C31H44F3N5O3S. The van der Waals surface area contributed by atoms with E-state index in [0.717, 1.165) is 106 Å². The fraction of sp³-hybridized carbons (Fsp3) is 0.613. The van der Waals surface area contributed by atoms with E-state index >= 15 is 0 Å². The number of anilines is 2. The summed E-state index contributed by atoms with van der Waals surface area (Å²) in [5.74, 6) is 0.773. The summed E-state index contributed by atoms with van der Waals surface area (Å²) in [7, 11) is 0. The molecule has 2 N–H and O–H groups in total. The minimum atomic E-state index is -4.40. The van der Waals surface area contributed by atoms with Crippen LogP contribution in [0.2, 0.25) is 0 Å². The molecule has 12 heteroatoms. The van der Waals surface area contributed by atoms with Crippen LogP contribution in [0.15, 0.2) is 46.2 Å². The standard InChI is InChI=1S/C31H44F3N5O3S/c32-31(33,34)25-3-6-29-28(23-25)39(9-1-7-35-10-14-37(15-11-35)18-20-40)27-5-4-26(24-30(27)43-29)42-22-2-8-36-12-16-38(17-13-36)19-21-41/h3-6,23-24,40-41H,1-2,7-22H2. The van der Waals surface area contributed by atoms with E-state index in [-0.39, 0.29) is 13.2 Å². The summed E-state index contributed by atoms with van der Waals surface area (Å²) in [5.41, 5.74) is 0.889. The summed E-state index contributed by atoms with van der Waals surface area (Å²) >= 11 is 1.50. The number of aliphatic hydroxyl groups is 2. The monoisotopic (exact) mass is 623 g/mol. The number of benzene rings is 2. The number of piperazine rings is 2. The van der Waals surface area contributed by atoms with Gasteiger partial charge in [-0.25, -0.2) is 0 Å². The van der Waals surface area contributed by atoms with Crippen molar-refractivity contribution in [2.45, 2.75) is 28.8 Å². The topological polar surface area (TPSA) is 65.9 Å². The van der Waals surface area contributed by atoms with Crippen molar-refractivity contribution in [2.75, 3.05) is 110 Å². The highest BCUT2D eigenvalue weighted by atomic mass is 32.2. The lowest BCUT2D eigenvalue weighted by molar-refractivity contribution is -0.137. The van der Waals surface area contributed by atoms with E-state index in [2.05, 4.69) is 19.6 Å². The Balaban J connectivity index is 1.20. The maximum absolute atomic E-state index is 13.6. The van der Waals surface area contributed by atoms with Crippen LogP contribution >= 0.6 is 11.8 Å². The Morgan fingerprint density at radius 3 is 1.81 bits per heavy atom. The van der Waals surface area contributed by atoms with Crippen molar-refractivity contribution in [3.05, 3.63) is 42.0 Å². The van der Waals surface area contributed by atoms with Crippen molar-refractivity contribution in [1.82, 2.24) is 19.6 Å². The molecule has 3 aliphatic rings. The molecule has 0 spiro atoms. The number of β-amino-alcohol motifs (C(OH)–C–C–N with tert-alkyl or cyclic N) is 2. The lowest BCUT2D eigenvalue weighted by atomic mass is 10.1. The Labute approximate surface area is 257 Å². The lowest BCUT2D eigenvalue weighted by Gasteiger charge is -2.36. The van der Waals surface area contributed by atoms with Crippen LogP contribution in [0.5, 0.6) is 5.75 Å². The Hall–Kier alpha value is -2.06. The van der Waals surface area contributed by atoms with Gasteiger partial charge >= 0.3 is 6.18 Å². The van der Waals surface area contributed by atoms with Crippen molar-refractivity contribution >= 4 is 23.1 Å². The zero-order chi connectivity index (χ0) is 30.2. The third kappa shape index (κ3) is 8.78. The highest BCUT2D eigenvalue weighted by Gasteiger charge is 2.33. The van der Waals surface area contributed by atoms with Gasteiger partial charge in [-0.05, 0) is 55.8 Å². The summed E-state index contributed by atoms with van der Waals surface area (Å²) in [6.45, 7) is 12.5. The average molecular weight is 624 g/mol. The van der Waals surface area contributed by atoms with Gasteiger partial charge in [0.15, 0.2) is 0 Å². The molecule has 0 amide bonds. The second kappa shape index (κ2) is 15.3. The highest BCUT2D eigenvalue weighted by Crippen LogP contribution is 2.50. The third-order valence-corrected chi connectivity index (χ3v) is 9.64. The van der Waals surface area contributed by atoms with E-state index in [0.29, 0.717) is 25.4 Å². The number of nitrogens with zero attached hydrogens (tertiary/aromatic N) is 5. The molecule has 3 aliphatic heterocycles. The SMILES string of the molecule is OCCN1CCN(CCCOc2ccc3c(c2)Sc2ccc(C(F)(F)F)cc2N3CCCN2CCN(CCO)CC2)CC1. The fourth-order valence-corrected chi connectivity index (χ4v) is 7.16. The molecule has 0 aliphatic carbocycles. The maximum atomic E-state index is 13.6. The Bertz CT molecular complexity index is 1170. The molecule has 0 atom stereocenters. The van der Waals surface area contributed by atoms with Crippen LogP contribution in [0, 0.1) is 0 Å². The Morgan fingerprint density at radius 1 is 0.651 bits per heavy atom. The van der Waals surface area contributed by atoms with Gasteiger partial charge in [-0.2, -0.15) is 13.2 Å². The van der Waals surface area contributed by atoms with Crippen LogP contribution in [-0.2, 0) is 6.18 Å². The summed E-state index contributed by atoms with van der Waals surface area (Å²) in [6.07, 6.45) is -2.66. The van der Waals surface area contributed by atoms with Crippen LogP contribution in [0.25, 0.3) is 0 Å². The molecule has 2 aromatic rings. The van der Waals surface area contributed by atoms with Gasteiger partial charge in [0.25, 0.3) is 0 Å². The van der Waals surface area contributed by atoms with Gasteiger partial charge in [0.2, 0.25) is 0 Å². The Morgan fingerprint density at radius 2 is 1.23 bits per heavy atom. The predicted molar refractivity (Wildman–Crippen MR) is 164 cm³/mol. The summed E-state index contributed by atoms with van der Waals surface area (Å²) in [4.78, 5) is 13.2. The molecule has 0 saturated carbocycles. The molecule has 43 heavy (non-hydrogen) atoms. The van der Waals surface area contributed by atoms with Crippen molar-refractivity contribution < 1.29 is 28.1 Å². The molecule has 2 aromatic carbocycles. The predicted octanol–water partition coefficient (Wildman–Crippen LogP) is 3.69. The first-order valence-corrected chi connectivity index (χ1v) is 16.2. The van der Waals surface area contributed by atoms with Crippen LogP contribution < -0.4 is 9.64 Å². The normalized spacial score (nSPS) is 19.0. The molecule has 0 bridgehead atoms. The van der Waals surface area contributed by atoms with Crippen molar-refractivity contribution in [2.24, 2.45) is 0 Å². The molecule has 0 radical (unpaired) electrons. The molecule has 5 rings (SSSR count). The molecule has 3 heterocycles. The van der Waals surface area contributed by atoms with Crippen LogP contribution in [0.1, 0.15) is 18.4 Å². The molecule has 8 nitrogen and oxygen atoms in total. The number of halogens is 3. The number of rotatable bonds is 13. The number of hydrogen-bond acceptors (Lipinski definition) is 9. The van der Waals surface area contributed by atoms with E-state index in [1.807, 2.05) is 23.1 Å². The minimum Gasteiger partial charge on any atom is -0.494 e. The number of aliphatic hydroxyl groups excluding tert-OH is 2. The zero-order valence-corrected chi connectivity index (χ0v) is 25.6. The van der Waals surface area contributed by atoms with Crippen LogP contribution in [0.3, 0.4) is 0 Å². The second-order valence-electron chi connectivity index (χ2n) is 11.4. The largest absolute Gasteiger partial charge is 0.494 e. The molecule has 2 fully saturated rings. The number of hydrogen-bond donors (Lipinski definition) is 2. The number of ether oxygens (including phenoxy) is 1. The van der Waals surface area contributed by atoms with Gasteiger partial charge in [0, 0.05) is 88.3 Å². The second-order valence-corrected chi connectivity index (χ2v) is 12.5. The molecule has 0 aromatic heterocycles. The van der Waals surface area contributed by atoms with Crippen LogP contribution in [-0.4, -0.2) is 135 Å². The quantitative estimate of drug-likeness (QED) is 0.326. The lowest BCUT2D eigenvalue weighted by Crippen LogP contribution is -2.47. The summed E-state index contributed by atoms with van der Waals surface area (Å²) in [6, 6.07) is 9.97. The molecule has 2 saturated heterocycles. The smallest absolute Gasteiger partial charge is 0.416 e. The van der Waals surface area contributed by atoms with E-state index in [4.69, 9.17) is 9.84 Å². The van der Waals surface area contributed by atoms with E-state index in [9.17, 15) is 18.3 Å². The van der Waals surface area contributed by atoms with Gasteiger partial charge in [-0.15, -0.1) is 0 Å². The van der Waals surface area contributed by atoms with Crippen LogP contribution in [0.4, 0.5) is 24.5 Å². The first-order valence-electron chi connectivity index (χ1n) is 15.4. The highest BCUT2D eigenvalue weighted by molar-refractivity contribution is 7.99. The van der Waals surface area contributed by atoms with Crippen molar-refractivity contribution in [1.29, 1.82) is 0 Å². The first-order chi connectivity index (χ1) is 20.8. The first kappa shape index (κ1) is 32.3. The van der Waals surface area contributed by atoms with Gasteiger partial charge in [0.05, 0.1) is 36.8 Å². The van der Waals surface area contributed by atoms with Crippen molar-refractivity contribution in [3.63, 3.8) is 0 Å². The molecular weight excluding hydrogens is 579 g/mol. The average Bonchev–Trinajstić information content (AvgIpc) is 3.00. The minimum absolute atomic E-state index is 0.169. The zero-order valence-electron chi connectivity index (χ0n) is 24.8. The van der Waals surface area contributed by atoms with Crippen molar-refractivity contribution in [3.8, 4) is 5.75 Å². The van der Waals surface area contributed by atoms with E-state index in [1.54, 1.807) is 6.07 Å². The summed E-state index contributed by atoms with van der Waals surface area (Å²) < 4.78 is 47.1. The van der Waals surface area contributed by atoms with Gasteiger partial charge in [-0.1, -0.05) is 11.8 Å². The van der Waals surface area contributed by atoms with Gasteiger partial charge < -0.3 is 29.6 Å². The number of fused-ring (bicyclic) bond motifs is 2. The molecule has 0 unspecified atom stereocenters.